The lowest BCUT2D eigenvalue weighted by molar-refractivity contribution is -0.115. The first-order valence-electron chi connectivity index (χ1n) is 13.8. The van der Waals surface area contributed by atoms with Crippen molar-refractivity contribution in [1.29, 1.82) is 0 Å². The molecule has 6 aromatic rings. The fourth-order valence-corrected chi connectivity index (χ4v) is 5.36. The number of pyridine rings is 2. The topological polar surface area (TPSA) is 119 Å². The number of piperazine rings is 1. The van der Waals surface area contributed by atoms with Gasteiger partial charge in [0, 0.05) is 61.2 Å². The van der Waals surface area contributed by atoms with Gasteiger partial charge in [-0.05, 0) is 30.8 Å². The van der Waals surface area contributed by atoms with Crippen molar-refractivity contribution >= 4 is 39.3 Å². The molecule has 0 atom stereocenters. The lowest BCUT2D eigenvalue weighted by Crippen LogP contribution is -2.44. The second-order valence-electron chi connectivity index (χ2n) is 10.5. The van der Waals surface area contributed by atoms with Gasteiger partial charge in [0.2, 0.25) is 5.91 Å². The Kier molecular flexibility index (Phi) is 6.55. The molecule has 7 rings (SSSR count). The van der Waals surface area contributed by atoms with E-state index in [2.05, 4.69) is 47.3 Å². The van der Waals surface area contributed by atoms with E-state index in [0.717, 1.165) is 48.6 Å². The minimum Gasteiger partial charge on any atom is -0.352 e. The standard InChI is InChI=1S/C31H28FN9O/c1-40-9-11-41(12-10-40)31-29-25(7-8-34-31)36-30(37-29)28-23-15-22(24(32)16-26(23)38-39-28)20-14-21(18-33-17-20)35-27(42)13-19-5-3-2-4-6-19/h2-8,14-18H,9-13H2,1H3,(H,35,42)(H,36,37)(H,38,39). The molecule has 5 heterocycles. The zero-order chi connectivity index (χ0) is 28.6. The number of likely N-dealkylation sites (N-methyl/N-ethyl adjacent to an activating group) is 1. The molecule has 4 aromatic heterocycles. The molecule has 0 radical (unpaired) electrons. The number of aromatic nitrogens is 6. The number of benzene rings is 2. The molecule has 0 bridgehead atoms. The number of H-pyrrole nitrogens is 2. The summed E-state index contributed by atoms with van der Waals surface area (Å²) in [5, 5.41) is 11.0. The van der Waals surface area contributed by atoms with Crippen LogP contribution in [0.5, 0.6) is 0 Å². The number of anilines is 2. The highest BCUT2D eigenvalue weighted by Gasteiger charge is 2.22. The van der Waals surface area contributed by atoms with Crippen LogP contribution < -0.4 is 10.2 Å². The molecule has 10 nitrogen and oxygen atoms in total. The Morgan fingerprint density at radius 3 is 2.69 bits per heavy atom. The van der Waals surface area contributed by atoms with Crippen LogP contribution in [0.1, 0.15) is 5.56 Å². The first-order valence-corrected chi connectivity index (χ1v) is 13.8. The lowest BCUT2D eigenvalue weighted by Gasteiger charge is -2.33. The van der Waals surface area contributed by atoms with E-state index < -0.39 is 5.82 Å². The maximum Gasteiger partial charge on any atom is 0.228 e. The Hall–Kier alpha value is -5.16. The molecule has 0 unspecified atom stereocenters. The van der Waals surface area contributed by atoms with E-state index in [-0.39, 0.29) is 12.3 Å². The summed E-state index contributed by atoms with van der Waals surface area (Å²) in [6.07, 6.45) is 5.14. The van der Waals surface area contributed by atoms with E-state index in [4.69, 9.17) is 4.98 Å². The number of nitrogens with zero attached hydrogens (tertiary/aromatic N) is 6. The van der Waals surface area contributed by atoms with Gasteiger partial charge < -0.3 is 20.1 Å². The quantitative estimate of drug-likeness (QED) is 0.271. The zero-order valence-electron chi connectivity index (χ0n) is 22.9. The minimum absolute atomic E-state index is 0.177. The second-order valence-corrected chi connectivity index (χ2v) is 10.5. The van der Waals surface area contributed by atoms with Gasteiger partial charge in [-0.2, -0.15) is 5.10 Å². The van der Waals surface area contributed by atoms with Crippen LogP contribution in [0.25, 0.3) is 44.6 Å². The Morgan fingerprint density at radius 1 is 1.02 bits per heavy atom. The number of imidazole rings is 1. The minimum atomic E-state index is -0.432. The normalized spacial score (nSPS) is 14.1. The summed E-state index contributed by atoms with van der Waals surface area (Å²) in [5.41, 5.74) is 5.02. The van der Waals surface area contributed by atoms with E-state index in [0.29, 0.717) is 39.2 Å². The average molecular weight is 562 g/mol. The van der Waals surface area contributed by atoms with Gasteiger partial charge in [-0.15, -0.1) is 0 Å². The van der Waals surface area contributed by atoms with E-state index >= 15 is 4.39 Å². The molecule has 3 N–H and O–H groups in total. The number of halogens is 1. The highest BCUT2D eigenvalue weighted by atomic mass is 19.1. The van der Waals surface area contributed by atoms with Crippen molar-refractivity contribution in [1.82, 2.24) is 35.0 Å². The molecule has 42 heavy (non-hydrogen) atoms. The van der Waals surface area contributed by atoms with Crippen molar-refractivity contribution in [3.63, 3.8) is 0 Å². The fourth-order valence-electron chi connectivity index (χ4n) is 5.36. The first-order chi connectivity index (χ1) is 20.5. The molecule has 1 aliphatic rings. The van der Waals surface area contributed by atoms with Crippen LogP contribution >= 0.6 is 0 Å². The third kappa shape index (κ3) is 4.94. The zero-order valence-corrected chi connectivity index (χ0v) is 22.9. The van der Waals surface area contributed by atoms with Gasteiger partial charge in [0.25, 0.3) is 0 Å². The third-order valence-electron chi connectivity index (χ3n) is 7.60. The molecule has 1 saturated heterocycles. The number of aromatic amines is 2. The largest absolute Gasteiger partial charge is 0.352 e. The van der Waals surface area contributed by atoms with Gasteiger partial charge in [-0.3, -0.25) is 14.9 Å². The molecular weight excluding hydrogens is 533 g/mol. The highest BCUT2D eigenvalue weighted by molar-refractivity contribution is 5.97. The van der Waals surface area contributed by atoms with Crippen molar-refractivity contribution in [2.75, 3.05) is 43.4 Å². The summed E-state index contributed by atoms with van der Waals surface area (Å²) in [7, 11) is 2.12. The van der Waals surface area contributed by atoms with Gasteiger partial charge in [-0.1, -0.05) is 30.3 Å². The van der Waals surface area contributed by atoms with Crippen LogP contribution in [0.2, 0.25) is 0 Å². The van der Waals surface area contributed by atoms with Crippen molar-refractivity contribution in [2.24, 2.45) is 0 Å². The summed E-state index contributed by atoms with van der Waals surface area (Å²) in [6, 6.07) is 16.3. The molecule has 1 aliphatic heterocycles. The maximum atomic E-state index is 15.3. The van der Waals surface area contributed by atoms with Gasteiger partial charge >= 0.3 is 0 Å². The Bertz CT molecular complexity index is 1910. The highest BCUT2D eigenvalue weighted by Crippen LogP contribution is 2.34. The van der Waals surface area contributed by atoms with Gasteiger partial charge in [0.05, 0.1) is 29.3 Å². The number of hydrogen-bond donors (Lipinski definition) is 3. The summed E-state index contributed by atoms with van der Waals surface area (Å²) in [6.45, 7) is 3.66. The molecule has 0 spiro atoms. The summed E-state index contributed by atoms with van der Waals surface area (Å²) >= 11 is 0. The van der Waals surface area contributed by atoms with Crippen LogP contribution in [0.4, 0.5) is 15.9 Å². The maximum absolute atomic E-state index is 15.3. The van der Waals surface area contributed by atoms with E-state index in [1.807, 2.05) is 36.4 Å². The summed E-state index contributed by atoms with van der Waals surface area (Å²) in [5.74, 6) is 0.797. The SMILES string of the molecule is CN1CCN(c2nccc3[nH]c(-c4n[nH]c5cc(F)c(-c6cncc(NC(=O)Cc7ccccc7)c6)cc45)nc23)CC1. The van der Waals surface area contributed by atoms with Gasteiger partial charge in [0.1, 0.15) is 17.0 Å². The predicted molar refractivity (Wildman–Crippen MR) is 161 cm³/mol. The molecule has 11 heteroatoms. The lowest BCUT2D eigenvalue weighted by atomic mass is 10.0. The number of amides is 1. The molecule has 1 amide bonds. The van der Waals surface area contributed by atoms with Crippen molar-refractivity contribution in [3.8, 4) is 22.6 Å². The Labute approximate surface area is 240 Å². The molecule has 0 aliphatic carbocycles. The molecule has 210 valence electrons. The van der Waals surface area contributed by atoms with Crippen LogP contribution in [-0.2, 0) is 11.2 Å². The molecule has 0 saturated carbocycles. The van der Waals surface area contributed by atoms with Crippen LogP contribution in [0.15, 0.2) is 73.2 Å². The average Bonchev–Trinajstić information content (AvgIpc) is 3.61. The molecule has 1 fully saturated rings. The molecule has 2 aromatic carbocycles. The van der Waals surface area contributed by atoms with Gasteiger partial charge in [0.15, 0.2) is 11.6 Å². The number of hydrogen-bond acceptors (Lipinski definition) is 7. The van der Waals surface area contributed by atoms with Crippen molar-refractivity contribution < 1.29 is 9.18 Å². The fraction of sp³-hybridized carbons (Fsp3) is 0.194. The van der Waals surface area contributed by atoms with E-state index in [1.165, 1.54) is 6.07 Å². The number of carbonyl (C=O) groups is 1. The number of nitrogens with one attached hydrogen (secondary N) is 3. The smallest absolute Gasteiger partial charge is 0.228 e. The summed E-state index contributed by atoms with van der Waals surface area (Å²) < 4.78 is 15.3. The van der Waals surface area contributed by atoms with Gasteiger partial charge in [-0.25, -0.2) is 14.4 Å². The molecular formula is C31H28FN9O. The number of carbonyl (C=O) groups excluding carboxylic acids is 1. The number of rotatable bonds is 6. The number of fused-ring (bicyclic) bond motifs is 2. The van der Waals surface area contributed by atoms with Crippen LogP contribution in [-0.4, -0.2) is 74.2 Å². The summed E-state index contributed by atoms with van der Waals surface area (Å²) in [4.78, 5) is 34.3. The second kappa shape index (κ2) is 10.7. The first kappa shape index (κ1) is 25.8. The van der Waals surface area contributed by atoms with Crippen molar-refractivity contribution in [2.45, 2.75) is 6.42 Å². The predicted octanol–water partition coefficient (Wildman–Crippen LogP) is 4.64. The van der Waals surface area contributed by atoms with Crippen LogP contribution in [0.3, 0.4) is 0 Å². The Balaban J connectivity index is 1.21. The van der Waals surface area contributed by atoms with Crippen molar-refractivity contribution in [3.05, 3.63) is 84.6 Å². The third-order valence-corrected chi connectivity index (χ3v) is 7.60. The monoisotopic (exact) mass is 561 g/mol. The Morgan fingerprint density at radius 2 is 1.86 bits per heavy atom. The van der Waals surface area contributed by atoms with E-state index in [9.17, 15) is 4.79 Å². The van der Waals surface area contributed by atoms with Crippen LogP contribution in [0, 0.1) is 5.82 Å². The van der Waals surface area contributed by atoms with E-state index in [1.54, 1.807) is 30.7 Å².